The van der Waals surface area contributed by atoms with Gasteiger partial charge in [0.15, 0.2) is 11.5 Å². The molecule has 1 aromatic rings. The lowest BCUT2D eigenvalue weighted by atomic mass is 10.2. The molecule has 5 heteroatoms. The number of halogens is 1. The fourth-order valence-corrected chi connectivity index (χ4v) is 2.31. The first kappa shape index (κ1) is 17.3. The van der Waals surface area contributed by atoms with Crippen molar-refractivity contribution in [2.45, 2.75) is 32.9 Å². The summed E-state index contributed by atoms with van der Waals surface area (Å²) in [5, 5.41) is 3.11. The van der Waals surface area contributed by atoms with E-state index in [-0.39, 0.29) is 5.60 Å². The summed E-state index contributed by atoms with van der Waals surface area (Å²) in [7, 11) is 3.55. The summed E-state index contributed by atoms with van der Waals surface area (Å²) in [6.07, 6.45) is 0. The van der Waals surface area contributed by atoms with E-state index >= 15 is 0 Å². The molecule has 0 fully saturated rings. The minimum absolute atomic E-state index is 0.151. The summed E-state index contributed by atoms with van der Waals surface area (Å²) in [4.78, 5) is 0. The monoisotopic (exact) mass is 345 g/mol. The average Bonchev–Trinajstić information content (AvgIpc) is 2.35. The molecule has 1 aromatic carbocycles. The number of nitrogens with one attached hydrogen (secondary N) is 1. The zero-order valence-electron chi connectivity index (χ0n) is 12.9. The Labute approximate surface area is 129 Å². The van der Waals surface area contributed by atoms with Crippen LogP contribution in [0.4, 0.5) is 0 Å². The van der Waals surface area contributed by atoms with Crippen LogP contribution in [-0.4, -0.2) is 33.0 Å². The molecule has 0 spiro atoms. The standard InChI is InChI=1S/C15H24BrNO3/c1-15(2,3)20-7-6-19-14-12(16)8-11(10-17-4)9-13(14)18-5/h8-9,17H,6-7,10H2,1-5H3. The van der Waals surface area contributed by atoms with Crippen LogP contribution in [0.2, 0.25) is 0 Å². The van der Waals surface area contributed by atoms with Crippen molar-refractivity contribution in [2.75, 3.05) is 27.4 Å². The van der Waals surface area contributed by atoms with Gasteiger partial charge in [0, 0.05) is 6.54 Å². The molecule has 0 aliphatic carbocycles. The van der Waals surface area contributed by atoms with E-state index in [4.69, 9.17) is 14.2 Å². The van der Waals surface area contributed by atoms with Gasteiger partial charge in [0.05, 0.1) is 23.8 Å². The number of benzene rings is 1. The van der Waals surface area contributed by atoms with Crippen molar-refractivity contribution in [3.63, 3.8) is 0 Å². The Kier molecular flexibility index (Phi) is 6.79. The molecule has 0 amide bonds. The molecule has 0 unspecified atom stereocenters. The fourth-order valence-electron chi connectivity index (χ4n) is 1.71. The van der Waals surface area contributed by atoms with E-state index in [1.807, 2.05) is 40.0 Å². The van der Waals surface area contributed by atoms with Gasteiger partial charge in [-0.25, -0.2) is 0 Å². The van der Waals surface area contributed by atoms with E-state index in [9.17, 15) is 0 Å². The zero-order chi connectivity index (χ0) is 15.2. The number of methoxy groups -OCH3 is 1. The van der Waals surface area contributed by atoms with Crippen LogP contribution in [0.3, 0.4) is 0 Å². The second-order valence-electron chi connectivity index (χ2n) is 5.45. The third kappa shape index (κ3) is 5.69. The van der Waals surface area contributed by atoms with Gasteiger partial charge in [0.1, 0.15) is 6.61 Å². The molecule has 0 bridgehead atoms. The van der Waals surface area contributed by atoms with E-state index in [0.29, 0.717) is 19.0 Å². The van der Waals surface area contributed by atoms with Gasteiger partial charge in [0.2, 0.25) is 0 Å². The molecule has 0 aliphatic heterocycles. The first-order chi connectivity index (χ1) is 9.37. The summed E-state index contributed by atoms with van der Waals surface area (Å²) in [5.41, 5.74) is 0.982. The van der Waals surface area contributed by atoms with Gasteiger partial charge >= 0.3 is 0 Å². The number of hydrogen-bond donors (Lipinski definition) is 1. The minimum Gasteiger partial charge on any atom is -0.493 e. The molecular formula is C15H24BrNO3. The van der Waals surface area contributed by atoms with Crippen molar-refractivity contribution in [1.82, 2.24) is 5.32 Å². The van der Waals surface area contributed by atoms with Gasteiger partial charge in [-0.1, -0.05) is 0 Å². The van der Waals surface area contributed by atoms with Crippen LogP contribution in [0, 0.1) is 0 Å². The van der Waals surface area contributed by atoms with E-state index in [0.717, 1.165) is 22.3 Å². The predicted octanol–water partition coefficient (Wildman–Crippen LogP) is 3.37. The van der Waals surface area contributed by atoms with Crippen molar-refractivity contribution >= 4 is 15.9 Å². The second kappa shape index (κ2) is 7.86. The van der Waals surface area contributed by atoms with Gasteiger partial charge < -0.3 is 19.5 Å². The fraction of sp³-hybridized carbons (Fsp3) is 0.600. The highest BCUT2D eigenvalue weighted by atomic mass is 79.9. The highest BCUT2D eigenvalue weighted by Crippen LogP contribution is 2.36. The normalized spacial score (nSPS) is 11.5. The molecule has 0 heterocycles. The third-order valence-electron chi connectivity index (χ3n) is 2.53. The molecule has 0 radical (unpaired) electrons. The summed E-state index contributed by atoms with van der Waals surface area (Å²) in [5.74, 6) is 1.44. The molecule has 0 aromatic heterocycles. The van der Waals surface area contributed by atoms with Gasteiger partial charge in [-0.3, -0.25) is 0 Å². The van der Waals surface area contributed by atoms with Gasteiger partial charge in [-0.15, -0.1) is 0 Å². The first-order valence-corrected chi connectivity index (χ1v) is 7.44. The molecule has 114 valence electrons. The Morgan fingerprint density at radius 2 is 1.90 bits per heavy atom. The Hall–Kier alpha value is -0.780. The molecule has 4 nitrogen and oxygen atoms in total. The maximum Gasteiger partial charge on any atom is 0.175 e. The number of ether oxygens (including phenoxy) is 3. The second-order valence-corrected chi connectivity index (χ2v) is 6.30. The lowest BCUT2D eigenvalue weighted by Gasteiger charge is -2.20. The van der Waals surface area contributed by atoms with Crippen LogP contribution < -0.4 is 14.8 Å². The Morgan fingerprint density at radius 1 is 1.20 bits per heavy atom. The lowest BCUT2D eigenvalue weighted by molar-refractivity contribution is -0.0166. The molecule has 0 atom stereocenters. The third-order valence-corrected chi connectivity index (χ3v) is 3.12. The van der Waals surface area contributed by atoms with Crippen LogP contribution >= 0.6 is 15.9 Å². The van der Waals surface area contributed by atoms with E-state index in [1.165, 1.54) is 0 Å². The van der Waals surface area contributed by atoms with Crippen molar-refractivity contribution in [1.29, 1.82) is 0 Å². The van der Waals surface area contributed by atoms with Crippen LogP contribution in [0.5, 0.6) is 11.5 Å². The Bertz CT molecular complexity index is 430. The van der Waals surface area contributed by atoms with Gasteiger partial charge in [-0.2, -0.15) is 0 Å². The van der Waals surface area contributed by atoms with Gasteiger partial charge in [0.25, 0.3) is 0 Å². The highest BCUT2D eigenvalue weighted by molar-refractivity contribution is 9.10. The molecule has 20 heavy (non-hydrogen) atoms. The van der Waals surface area contributed by atoms with Crippen LogP contribution in [0.1, 0.15) is 26.3 Å². The molecule has 0 saturated heterocycles. The summed E-state index contributed by atoms with van der Waals surface area (Å²) in [6.45, 7) is 7.87. The van der Waals surface area contributed by atoms with E-state index in [1.54, 1.807) is 7.11 Å². The summed E-state index contributed by atoms with van der Waals surface area (Å²) < 4.78 is 17.7. The van der Waals surface area contributed by atoms with Crippen LogP contribution in [0.15, 0.2) is 16.6 Å². The van der Waals surface area contributed by atoms with Gasteiger partial charge in [-0.05, 0) is 61.4 Å². The first-order valence-electron chi connectivity index (χ1n) is 6.65. The van der Waals surface area contributed by atoms with E-state index in [2.05, 4.69) is 21.2 Å². The smallest absolute Gasteiger partial charge is 0.175 e. The molecular weight excluding hydrogens is 322 g/mol. The Balaban J connectivity index is 2.69. The minimum atomic E-state index is -0.151. The predicted molar refractivity (Wildman–Crippen MR) is 84.7 cm³/mol. The van der Waals surface area contributed by atoms with E-state index < -0.39 is 0 Å². The lowest BCUT2D eigenvalue weighted by Crippen LogP contribution is -2.22. The van der Waals surface area contributed by atoms with Crippen LogP contribution in [-0.2, 0) is 11.3 Å². The maximum absolute atomic E-state index is 5.77. The van der Waals surface area contributed by atoms with Crippen molar-refractivity contribution in [2.24, 2.45) is 0 Å². The van der Waals surface area contributed by atoms with Crippen LogP contribution in [0.25, 0.3) is 0 Å². The average molecular weight is 346 g/mol. The maximum atomic E-state index is 5.77. The number of hydrogen-bond acceptors (Lipinski definition) is 4. The number of rotatable bonds is 7. The molecule has 0 saturated carbocycles. The topological polar surface area (TPSA) is 39.7 Å². The molecule has 0 aliphatic rings. The SMILES string of the molecule is CNCc1cc(Br)c(OCCOC(C)(C)C)c(OC)c1. The van der Waals surface area contributed by atoms with Crippen molar-refractivity contribution in [3.05, 3.63) is 22.2 Å². The van der Waals surface area contributed by atoms with Crippen molar-refractivity contribution in [3.8, 4) is 11.5 Å². The summed E-state index contributed by atoms with van der Waals surface area (Å²) >= 11 is 3.53. The molecule has 1 N–H and O–H groups in total. The summed E-state index contributed by atoms with van der Waals surface area (Å²) in [6, 6.07) is 4.00. The Morgan fingerprint density at radius 3 is 2.45 bits per heavy atom. The highest BCUT2D eigenvalue weighted by Gasteiger charge is 2.13. The quantitative estimate of drug-likeness (QED) is 0.769. The molecule has 1 rings (SSSR count). The largest absolute Gasteiger partial charge is 0.493 e. The zero-order valence-corrected chi connectivity index (χ0v) is 14.5. The van der Waals surface area contributed by atoms with Crippen molar-refractivity contribution < 1.29 is 14.2 Å².